The van der Waals surface area contributed by atoms with Gasteiger partial charge in [-0.05, 0) is 39.9 Å². The fourth-order valence-corrected chi connectivity index (χ4v) is 2.92. The van der Waals surface area contributed by atoms with Gasteiger partial charge in [0.15, 0.2) is 10.4 Å². The zero-order chi connectivity index (χ0) is 15.6. The Labute approximate surface area is 130 Å². The molecule has 0 bridgehead atoms. The summed E-state index contributed by atoms with van der Waals surface area (Å²) in [6, 6.07) is 0.988. The molecular weight excluding hydrogens is 286 g/mol. The van der Waals surface area contributed by atoms with Crippen LogP contribution in [-0.2, 0) is 6.54 Å². The molecule has 2 aromatic heterocycles. The molecular formula is C14H23N5OS. The first-order valence-electron chi connectivity index (χ1n) is 7.19. The van der Waals surface area contributed by atoms with E-state index in [9.17, 15) is 0 Å². The van der Waals surface area contributed by atoms with Gasteiger partial charge in [-0.2, -0.15) is 4.98 Å². The predicted molar refractivity (Wildman–Crippen MR) is 86.2 cm³/mol. The normalized spacial score (nSPS) is 12.0. The molecule has 116 valence electrons. The van der Waals surface area contributed by atoms with Crippen LogP contribution < -0.4 is 4.74 Å². The molecule has 0 aliphatic heterocycles. The highest BCUT2D eigenvalue weighted by Crippen LogP contribution is 2.20. The van der Waals surface area contributed by atoms with Gasteiger partial charge in [0.05, 0.1) is 7.11 Å². The first-order valence-corrected chi connectivity index (χ1v) is 7.59. The SMILES string of the molecule is COc1ncnc2c1[nH]c(=S)n2CCN(C(C)C)C(C)C. The van der Waals surface area contributed by atoms with Gasteiger partial charge in [0.2, 0.25) is 5.88 Å². The fourth-order valence-electron chi connectivity index (χ4n) is 2.64. The maximum atomic E-state index is 5.41. The molecule has 2 rings (SSSR count). The lowest BCUT2D eigenvalue weighted by Gasteiger charge is -2.30. The largest absolute Gasteiger partial charge is 0.479 e. The molecule has 0 unspecified atom stereocenters. The van der Waals surface area contributed by atoms with Gasteiger partial charge in [-0.1, -0.05) is 0 Å². The summed E-state index contributed by atoms with van der Waals surface area (Å²) >= 11 is 5.41. The van der Waals surface area contributed by atoms with Gasteiger partial charge in [-0.3, -0.25) is 9.47 Å². The molecule has 21 heavy (non-hydrogen) atoms. The van der Waals surface area contributed by atoms with Crippen molar-refractivity contribution in [1.82, 2.24) is 24.4 Å². The Hall–Kier alpha value is -1.47. The van der Waals surface area contributed by atoms with Gasteiger partial charge in [0.25, 0.3) is 0 Å². The molecule has 0 atom stereocenters. The number of hydrogen-bond donors (Lipinski definition) is 1. The van der Waals surface area contributed by atoms with Crippen molar-refractivity contribution >= 4 is 23.4 Å². The van der Waals surface area contributed by atoms with Crippen molar-refractivity contribution in [3.05, 3.63) is 11.1 Å². The lowest BCUT2D eigenvalue weighted by atomic mass is 10.2. The van der Waals surface area contributed by atoms with Gasteiger partial charge in [0.1, 0.15) is 11.8 Å². The Morgan fingerprint density at radius 3 is 2.52 bits per heavy atom. The van der Waals surface area contributed by atoms with E-state index in [0.29, 0.717) is 22.7 Å². The highest BCUT2D eigenvalue weighted by molar-refractivity contribution is 7.71. The number of nitrogens with zero attached hydrogens (tertiary/aromatic N) is 4. The van der Waals surface area contributed by atoms with Crippen LogP contribution in [0.1, 0.15) is 27.7 Å². The van der Waals surface area contributed by atoms with E-state index in [2.05, 4.69) is 47.5 Å². The molecule has 0 amide bonds. The van der Waals surface area contributed by atoms with Crippen LogP contribution in [0.5, 0.6) is 5.88 Å². The molecule has 1 N–H and O–H groups in total. The second kappa shape index (κ2) is 6.53. The second-order valence-corrected chi connectivity index (χ2v) is 5.98. The highest BCUT2D eigenvalue weighted by Gasteiger charge is 2.16. The topological polar surface area (TPSA) is 59.0 Å². The van der Waals surface area contributed by atoms with Crippen LogP contribution in [0.25, 0.3) is 11.2 Å². The molecule has 0 aromatic carbocycles. The Morgan fingerprint density at radius 1 is 1.29 bits per heavy atom. The van der Waals surface area contributed by atoms with Crippen molar-refractivity contribution in [2.45, 2.75) is 46.3 Å². The quantitative estimate of drug-likeness (QED) is 0.831. The van der Waals surface area contributed by atoms with Crippen LogP contribution in [0.2, 0.25) is 0 Å². The second-order valence-electron chi connectivity index (χ2n) is 5.59. The maximum absolute atomic E-state index is 5.41. The average Bonchev–Trinajstić information content (AvgIpc) is 2.74. The number of H-pyrrole nitrogens is 1. The zero-order valence-corrected chi connectivity index (χ0v) is 14.1. The molecule has 0 saturated heterocycles. The molecule has 0 spiro atoms. The van der Waals surface area contributed by atoms with Crippen LogP contribution in [0.4, 0.5) is 0 Å². The van der Waals surface area contributed by atoms with Crippen molar-refractivity contribution < 1.29 is 4.74 Å². The number of aromatic nitrogens is 4. The third-order valence-corrected chi connectivity index (χ3v) is 3.95. The lowest BCUT2D eigenvalue weighted by Crippen LogP contribution is -2.39. The summed E-state index contributed by atoms with van der Waals surface area (Å²) in [6.07, 6.45) is 1.50. The molecule has 0 saturated carbocycles. The van der Waals surface area contributed by atoms with Gasteiger partial charge in [-0.25, -0.2) is 4.98 Å². The minimum Gasteiger partial charge on any atom is -0.479 e. The minimum absolute atomic E-state index is 0.494. The summed E-state index contributed by atoms with van der Waals surface area (Å²) in [7, 11) is 1.59. The number of rotatable bonds is 6. The van der Waals surface area contributed by atoms with E-state index in [1.807, 2.05) is 4.57 Å². The number of imidazole rings is 1. The summed E-state index contributed by atoms with van der Waals surface area (Å²) in [6.45, 7) is 10.5. The first-order chi connectivity index (χ1) is 9.95. The third-order valence-electron chi connectivity index (χ3n) is 3.63. The standard InChI is InChI=1S/C14H23N5OS/c1-9(2)18(10(3)4)6-7-19-12-11(17-14(19)21)13(20-5)16-8-15-12/h8-10H,6-7H2,1-5H3,(H,17,21). The van der Waals surface area contributed by atoms with Crippen molar-refractivity contribution in [3.8, 4) is 5.88 Å². The third kappa shape index (κ3) is 3.24. The Kier molecular flexibility index (Phi) is 4.95. The van der Waals surface area contributed by atoms with E-state index < -0.39 is 0 Å². The molecule has 0 aliphatic carbocycles. The first kappa shape index (κ1) is 15.9. The summed E-state index contributed by atoms with van der Waals surface area (Å²) in [5.41, 5.74) is 1.55. The maximum Gasteiger partial charge on any atom is 0.242 e. The van der Waals surface area contributed by atoms with Crippen molar-refractivity contribution in [1.29, 1.82) is 0 Å². The van der Waals surface area contributed by atoms with E-state index in [4.69, 9.17) is 17.0 Å². The Morgan fingerprint density at radius 2 is 1.95 bits per heavy atom. The van der Waals surface area contributed by atoms with E-state index in [0.717, 1.165) is 24.3 Å². The van der Waals surface area contributed by atoms with Gasteiger partial charge >= 0.3 is 0 Å². The number of nitrogens with one attached hydrogen (secondary N) is 1. The van der Waals surface area contributed by atoms with Crippen LogP contribution in [0.3, 0.4) is 0 Å². The zero-order valence-electron chi connectivity index (χ0n) is 13.3. The Balaban J connectivity index is 2.31. The molecule has 2 aromatic rings. The van der Waals surface area contributed by atoms with Crippen molar-refractivity contribution in [2.75, 3.05) is 13.7 Å². The predicted octanol–water partition coefficient (Wildman–Crippen LogP) is 2.62. The van der Waals surface area contributed by atoms with Crippen LogP contribution in [-0.4, -0.2) is 50.2 Å². The number of ether oxygens (including phenoxy) is 1. The highest BCUT2D eigenvalue weighted by atomic mass is 32.1. The van der Waals surface area contributed by atoms with Crippen LogP contribution >= 0.6 is 12.2 Å². The molecule has 0 aliphatic rings. The lowest BCUT2D eigenvalue weighted by molar-refractivity contribution is 0.168. The van der Waals surface area contributed by atoms with Crippen LogP contribution in [0, 0.1) is 4.77 Å². The van der Waals surface area contributed by atoms with Crippen molar-refractivity contribution in [2.24, 2.45) is 0 Å². The number of aromatic amines is 1. The molecule has 7 heteroatoms. The summed E-state index contributed by atoms with van der Waals surface area (Å²) < 4.78 is 7.90. The molecule has 2 heterocycles. The van der Waals surface area contributed by atoms with E-state index in [-0.39, 0.29) is 0 Å². The summed E-state index contributed by atoms with van der Waals surface area (Å²) in [4.78, 5) is 14.0. The summed E-state index contributed by atoms with van der Waals surface area (Å²) in [5.74, 6) is 0.523. The fraction of sp³-hybridized carbons (Fsp3) is 0.643. The molecule has 0 fully saturated rings. The van der Waals surface area contributed by atoms with Crippen LogP contribution in [0.15, 0.2) is 6.33 Å². The van der Waals surface area contributed by atoms with E-state index >= 15 is 0 Å². The van der Waals surface area contributed by atoms with Gasteiger partial charge in [-0.15, -0.1) is 0 Å². The molecule has 0 radical (unpaired) electrons. The molecule has 6 nitrogen and oxygen atoms in total. The minimum atomic E-state index is 0.494. The van der Waals surface area contributed by atoms with Crippen molar-refractivity contribution in [3.63, 3.8) is 0 Å². The Bertz CT molecular complexity index is 653. The summed E-state index contributed by atoms with van der Waals surface area (Å²) in [5, 5.41) is 0. The van der Waals surface area contributed by atoms with E-state index in [1.54, 1.807) is 7.11 Å². The van der Waals surface area contributed by atoms with Gasteiger partial charge < -0.3 is 9.72 Å². The monoisotopic (exact) mass is 309 g/mol. The number of fused-ring (bicyclic) bond motifs is 1. The average molecular weight is 309 g/mol. The van der Waals surface area contributed by atoms with E-state index in [1.165, 1.54) is 6.33 Å². The smallest absolute Gasteiger partial charge is 0.242 e. The number of methoxy groups -OCH3 is 1. The number of hydrogen-bond acceptors (Lipinski definition) is 5. The van der Waals surface area contributed by atoms with Gasteiger partial charge in [0, 0.05) is 25.2 Å².